The van der Waals surface area contributed by atoms with Crippen molar-refractivity contribution in [2.75, 3.05) is 11.4 Å². The van der Waals surface area contributed by atoms with Crippen molar-refractivity contribution in [3.05, 3.63) is 29.3 Å². The maximum absolute atomic E-state index is 11.6. The van der Waals surface area contributed by atoms with E-state index in [4.69, 9.17) is 23.7 Å². The van der Waals surface area contributed by atoms with E-state index in [-0.39, 0.29) is 11.9 Å². The molecule has 1 atom stereocenters. The fourth-order valence-corrected chi connectivity index (χ4v) is 2.77. The van der Waals surface area contributed by atoms with Crippen molar-refractivity contribution in [1.29, 1.82) is 0 Å². The lowest BCUT2D eigenvalue weighted by Gasteiger charge is -2.36. The number of benzene rings is 1. The molecule has 1 amide bonds. The number of rotatable bonds is 3. The molecule has 0 radical (unpaired) electrons. The second kappa shape index (κ2) is 5.57. The molecule has 0 aromatic heterocycles. The summed E-state index contributed by atoms with van der Waals surface area (Å²) in [6, 6.07) is 5.63. The number of thiocarbonyl (C=S) groups is 1. The number of nitrogens with two attached hydrogens (primary N) is 2. The van der Waals surface area contributed by atoms with Crippen LogP contribution in [0, 0.1) is 6.92 Å². The molecule has 19 heavy (non-hydrogen) atoms. The Balaban J connectivity index is 2.34. The Morgan fingerprint density at radius 3 is 2.68 bits per heavy atom. The first kappa shape index (κ1) is 13.8. The molecule has 1 aromatic rings. The molecule has 0 spiro atoms. The summed E-state index contributed by atoms with van der Waals surface area (Å²) >= 11 is 4.98. The summed E-state index contributed by atoms with van der Waals surface area (Å²) in [7, 11) is 0. The Morgan fingerprint density at radius 2 is 2.11 bits per heavy atom. The number of anilines is 1. The van der Waals surface area contributed by atoms with Crippen molar-refractivity contribution >= 4 is 28.8 Å². The van der Waals surface area contributed by atoms with Gasteiger partial charge in [-0.25, -0.2) is 0 Å². The maximum Gasteiger partial charge on any atom is 0.240 e. The van der Waals surface area contributed by atoms with Gasteiger partial charge in [0.05, 0.1) is 0 Å². The van der Waals surface area contributed by atoms with E-state index in [2.05, 4.69) is 4.90 Å². The molecule has 1 heterocycles. The normalized spacial score (nSPS) is 19.2. The minimum Gasteiger partial charge on any atom is -0.389 e. The summed E-state index contributed by atoms with van der Waals surface area (Å²) in [4.78, 5) is 14.1. The van der Waals surface area contributed by atoms with Crippen LogP contribution in [0.4, 0.5) is 5.69 Å². The third-order valence-electron chi connectivity index (χ3n) is 3.62. The number of primary amides is 1. The number of amides is 1. The zero-order chi connectivity index (χ0) is 14.0. The van der Waals surface area contributed by atoms with Crippen LogP contribution in [0.15, 0.2) is 18.2 Å². The monoisotopic (exact) mass is 277 g/mol. The van der Waals surface area contributed by atoms with Crippen LogP contribution in [-0.2, 0) is 4.79 Å². The van der Waals surface area contributed by atoms with Gasteiger partial charge >= 0.3 is 0 Å². The molecule has 1 aliphatic heterocycles. The van der Waals surface area contributed by atoms with Gasteiger partial charge in [0, 0.05) is 17.8 Å². The van der Waals surface area contributed by atoms with E-state index in [1.54, 1.807) is 0 Å². The van der Waals surface area contributed by atoms with Gasteiger partial charge < -0.3 is 16.4 Å². The lowest BCUT2D eigenvalue weighted by atomic mass is 9.99. The molecule has 1 aliphatic rings. The van der Waals surface area contributed by atoms with Gasteiger partial charge in [0.15, 0.2) is 0 Å². The molecule has 1 aromatic carbocycles. The highest BCUT2D eigenvalue weighted by Gasteiger charge is 2.27. The first-order valence-corrected chi connectivity index (χ1v) is 6.88. The van der Waals surface area contributed by atoms with Crippen molar-refractivity contribution in [2.24, 2.45) is 11.5 Å². The first-order valence-electron chi connectivity index (χ1n) is 6.47. The van der Waals surface area contributed by atoms with Gasteiger partial charge in [0.2, 0.25) is 5.91 Å². The van der Waals surface area contributed by atoms with Gasteiger partial charge in [-0.2, -0.15) is 0 Å². The van der Waals surface area contributed by atoms with Crippen LogP contribution in [-0.4, -0.2) is 23.5 Å². The minimum atomic E-state index is -0.252. The van der Waals surface area contributed by atoms with Gasteiger partial charge in [-0.05, 0) is 49.9 Å². The number of nitrogens with zero attached hydrogens (tertiary/aromatic N) is 1. The third kappa shape index (κ3) is 2.87. The second-order valence-electron chi connectivity index (χ2n) is 4.97. The summed E-state index contributed by atoms with van der Waals surface area (Å²) < 4.78 is 0. The summed E-state index contributed by atoms with van der Waals surface area (Å²) in [5, 5.41) is 0. The Morgan fingerprint density at radius 1 is 1.37 bits per heavy atom. The van der Waals surface area contributed by atoms with E-state index in [9.17, 15) is 4.79 Å². The molecule has 4 nitrogen and oxygen atoms in total. The van der Waals surface area contributed by atoms with Crippen LogP contribution in [0.5, 0.6) is 0 Å². The molecule has 4 N–H and O–H groups in total. The van der Waals surface area contributed by atoms with Gasteiger partial charge in [0.25, 0.3) is 0 Å². The summed E-state index contributed by atoms with van der Waals surface area (Å²) in [5.74, 6) is -0.252. The quantitative estimate of drug-likeness (QED) is 0.821. The number of hydrogen-bond acceptors (Lipinski definition) is 3. The second-order valence-corrected chi connectivity index (χ2v) is 5.41. The van der Waals surface area contributed by atoms with Crippen LogP contribution >= 0.6 is 12.2 Å². The van der Waals surface area contributed by atoms with Gasteiger partial charge in [0.1, 0.15) is 11.0 Å². The average molecular weight is 277 g/mol. The number of aryl methyl sites for hydroxylation is 1. The maximum atomic E-state index is 11.6. The van der Waals surface area contributed by atoms with E-state index < -0.39 is 0 Å². The van der Waals surface area contributed by atoms with E-state index in [1.807, 2.05) is 25.1 Å². The summed E-state index contributed by atoms with van der Waals surface area (Å²) in [6.45, 7) is 2.87. The number of carbonyl (C=O) groups is 1. The number of carbonyl (C=O) groups excluding carboxylic acids is 1. The van der Waals surface area contributed by atoms with Crippen LogP contribution in [0.25, 0.3) is 0 Å². The fourth-order valence-electron chi connectivity index (χ4n) is 2.65. The number of hydrogen-bond donors (Lipinski definition) is 2. The molecule has 0 bridgehead atoms. The standard InChI is InChI=1S/C14H19N3OS/c1-9-8-10(14(16)19)5-6-11(9)17-7-3-2-4-12(17)13(15)18/h5-6,8,12H,2-4,7H2,1H3,(H2,15,18)(H2,16,19). The van der Waals surface area contributed by atoms with E-state index >= 15 is 0 Å². The highest BCUT2D eigenvalue weighted by atomic mass is 32.1. The zero-order valence-corrected chi connectivity index (χ0v) is 11.9. The van der Waals surface area contributed by atoms with Crippen LogP contribution < -0.4 is 16.4 Å². The Hall–Kier alpha value is -1.62. The molecule has 0 aliphatic carbocycles. The molecular formula is C14H19N3OS. The zero-order valence-electron chi connectivity index (χ0n) is 11.1. The average Bonchev–Trinajstić information content (AvgIpc) is 2.38. The molecule has 1 fully saturated rings. The largest absolute Gasteiger partial charge is 0.389 e. The van der Waals surface area contributed by atoms with Crippen LogP contribution in [0.3, 0.4) is 0 Å². The van der Waals surface area contributed by atoms with E-state index in [0.717, 1.165) is 42.6 Å². The third-order valence-corrected chi connectivity index (χ3v) is 3.86. The predicted octanol–water partition coefficient (Wildman–Crippen LogP) is 1.47. The minimum absolute atomic E-state index is 0.205. The van der Waals surface area contributed by atoms with Gasteiger partial charge in [-0.15, -0.1) is 0 Å². The molecule has 0 saturated carbocycles. The predicted molar refractivity (Wildman–Crippen MR) is 81.2 cm³/mol. The van der Waals surface area contributed by atoms with Crippen molar-refractivity contribution in [2.45, 2.75) is 32.2 Å². The molecule has 1 saturated heterocycles. The summed E-state index contributed by atoms with van der Waals surface area (Å²) in [5.41, 5.74) is 14.1. The lowest BCUT2D eigenvalue weighted by Crippen LogP contribution is -2.48. The van der Waals surface area contributed by atoms with Crippen molar-refractivity contribution in [3.63, 3.8) is 0 Å². The first-order chi connectivity index (χ1) is 9.00. The highest BCUT2D eigenvalue weighted by molar-refractivity contribution is 7.80. The molecule has 102 valence electrons. The summed E-state index contributed by atoms with van der Waals surface area (Å²) in [6.07, 6.45) is 2.96. The lowest BCUT2D eigenvalue weighted by molar-refractivity contribution is -0.119. The topological polar surface area (TPSA) is 72.3 Å². The van der Waals surface area contributed by atoms with Crippen LogP contribution in [0.2, 0.25) is 0 Å². The van der Waals surface area contributed by atoms with Crippen LogP contribution in [0.1, 0.15) is 30.4 Å². The van der Waals surface area contributed by atoms with Crippen molar-refractivity contribution < 1.29 is 4.79 Å². The molecule has 2 rings (SSSR count). The smallest absolute Gasteiger partial charge is 0.240 e. The Kier molecular flexibility index (Phi) is 4.04. The van der Waals surface area contributed by atoms with Gasteiger partial charge in [-0.1, -0.05) is 12.2 Å². The van der Waals surface area contributed by atoms with Gasteiger partial charge in [-0.3, -0.25) is 4.79 Å². The fraction of sp³-hybridized carbons (Fsp3) is 0.429. The molecular weight excluding hydrogens is 258 g/mol. The van der Waals surface area contributed by atoms with Crippen molar-refractivity contribution in [3.8, 4) is 0 Å². The van der Waals surface area contributed by atoms with E-state index in [0.29, 0.717) is 4.99 Å². The Bertz CT molecular complexity index is 515. The van der Waals surface area contributed by atoms with E-state index in [1.165, 1.54) is 0 Å². The highest BCUT2D eigenvalue weighted by Crippen LogP contribution is 2.28. The molecule has 5 heteroatoms. The SMILES string of the molecule is Cc1cc(C(N)=S)ccc1N1CCCCC1C(N)=O. The number of piperidine rings is 1. The van der Waals surface area contributed by atoms with Crippen molar-refractivity contribution in [1.82, 2.24) is 0 Å². The Labute approximate surface area is 118 Å². The molecule has 1 unspecified atom stereocenters.